The number of nitriles is 1. The number of nitrogens with zero attached hydrogens (tertiary/aromatic N) is 4. The first kappa shape index (κ1) is 23.5. The van der Waals surface area contributed by atoms with Crippen molar-refractivity contribution in [3.8, 4) is 17.2 Å². The third-order valence-electron chi connectivity index (χ3n) is 7.12. The van der Waals surface area contributed by atoms with Crippen LogP contribution < -0.4 is 10.2 Å². The molecule has 0 amide bonds. The van der Waals surface area contributed by atoms with Crippen LogP contribution >= 0.6 is 0 Å². The van der Waals surface area contributed by atoms with Crippen molar-refractivity contribution in [1.82, 2.24) is 9.97 Å². The highest BCUT2D eigenvalue weighted by atomic mass is 16.4. The van der Waals surface area contributed by atoms with Gasteiger partial charge in [-0.15, -0.1) is 0 Å². The monoisotopic (exact) mass is 480 g/mol. The summed E-state index contributed by atoms with van der Waals surface area (Å²) in [5.74, 6) is 0.309. The molecule has 36 heavy (non-hydrogen) atoms. The van der Waals surface area contributed by atoms with Crippen LogP contribution in [-0.2, 0) is 0 Å². The maximum atomic E-state index is 12.0. The van der Waals surface area contributed by atoms with E-state index in [4.69, 9.17) is 10.7 Å². The molecule has 0 bridgehead atoms. The van der Waals surface area contributed by atoms with Gasteiger partial charge < -0.3 is 20.7 Å². The molecule has 1 aliphatic carbocycles. The van der Waals surface area contributed by atoms with E-state index in [2.05, 4.69) is 26.3 Å². The Bertz CT molecular complexity index is 1300. The van der Waals surface area contributed by atoms with Crippen molar-refractivity contribution in [3.63, 3.8) is 0 Å². The van der Waals surface area contributed by atoms with Crippen LogP contribution in [0.2, 0.25) is 0 Å². The lowest BCUT2D eigenvalue weighted by molar-refractivity contribution is 0.0690. The zero-order valence-electron chi connectivity index (χ0n) is 19.9. The molecule has 2 aromatic heterocycles. The van der Waals surface area contributed by atoms with Gasteiger partial charge in [-0.05, 0) is 61.6 Å². The van der Waals surface area contributed by atoms with Gasteiger partial charge in [-0.3, -0.25) is 0 Å². The smallest absolute Gasteiger partial charge is 0.354 e. The van der Waals surface area contributed by atoms with Crippen LogP contribution in [0.4, 0.5) is 17.3 Å². The van der Waals surface area contributed by atoms with E-state index in [0.29, 0.717) is 22.7 Å². The van der Waals surface area contributed by atoms with Gasteiger partial charge in [0.15, 0.2) is 5.69 Å². The summed E-state index contributed by atoms with van der Waals surface area (Å²) in [5, 5.41) is 31.3. The molecule has 8 heteroatoms. The molecule has 2 fully saturated rings. The molecule has 0 atom stereocenters. The molecule has 0 radical (unpaired) electrons. The number of para-hydroxylation sites is 1. The standard InChI is InChI=1S/C28H28N6O2/c29-16-18-11-13-34(14-12-18)24-10-9-20(17-31-24)22-15-23(28(35)36)33-27(32-21-7-2-1-3-8-21)25(22)26(30)19-5-4-6-19/h1-3,7-10,15,17-19,30H,4-6,11-14H2,(H,32,33)(H,35,36). The van der Waals surface area contributed by atoms with Gasteiger partial charge in [0.1, 0.15) is 11.6 Å². The molecule has 8 nitrogen and oxygen atoms in total. The quantitative estimate of drug-likeness (QED) is 0.382. The Balaban J connectivity index is 1.55. The Morgan fingerprint density at radius 1 is 1.11 bits per heavy atom. The van der Waals surface area contributed by atoms with Crippen molar-refractivity contribution in [2.45, 2.75) is 32.1 Å². The number of hydrogen-bond donors (Lipinski definition) is 3. The van der Waals surface area contributed by atoms with E-state index in [-0.39, 0.29) is 17.5 Å². The lowest BCUT2D eigenvalue weighted by Crippen LogP contribution is -2.33. The fourth-order valence-corrected chi connectivity index (χ4v) is 4.77. The average Bonchev–Trinajstić information content (AvgIpc) is 2.88. The topological polar surface area (TPSA) is 126 Å². The van der Waals surface area contributed by atoms with E-state index in [0.717, 1.165) is 62.3 Å². The normalized spacial score (nSPS) is 16.1. The van der Waals surface area contributed by atoms with Gasteiger partial charge in [0.2, 0.25) is 0 Å². The first-order valence-electron chi connectivity index (χ1n) is 12.3. The lowest BCUT2D eigenvalue weighted by Gasteiger charge is -2.30. The highest BCUT2D eigenvalue weighted by Gasteiger charge is 2.29. The van der Waals surface area contributed by atoms with Crippen LogP contribution in [0.25, 0.3) is 11.1 Å². The van der Waals surface area contributed by atoms with Gasteiger partial charge in [-0.25, -0.2) is 14.8 Å². The van der Waals surface area contributed by atoms with E-state index in [1.807, 2.05) is 42.5 Å². The van der Waals surface area contributed by atoms with Crippen molar-refractivity contribution in [1.29, 1.82) is 10.7 Å². The van der Waals surface area contributed by atoms with E-state index < -0.39 is 5.97 Å². The van der Waals surface area contributed by atoms with Gasteiger partial charge in [-0.2, -0.15) is 5.26 Å². The van der Waals surface area contributed by atoms with Gasteiger partial charge in [0.05, 0.1) is 6.07 Å². The molecule has 3 N–H and O–H groups in total. The fraction of sp³-hybridized carbons (Fsp3) is 0.321. The Morgan fingerprint density at radius 2 is 1.86 bits per heavy atom. The first-order chi connectivity index (χ1) is 17.5. The molecule has 1 saturated heterocycles. The summed E-state index contributed by atoms with van der Waals surface area (Å²) in [5.41, 5.74) is 3.16. The molecule has 5 rings (SSSR count). The summed E-state index contributed by atoms with van der Waals surface area (Å²) < 4.78 is 0. The Morgan fingerprint density at radius 3 is 2.44 bits per heavy atom. The van der Waals surface area contributed by atoms with Gasteiger partial charge in [0, 0.05) is 53.6 Å². The number of piperidine rings is 1. The molecular weight excluding hydrogens is 452 g/mol. The summed E-state index contributed by atoms with van der Waals surface area (Å²) in [7, 11) is 0. The van der Waals surface area contributed by atoms with E-state index in [1.54, 1.807) is 12.3 Å². The van der Waals surface area contributed by atoms with Crippen molar-refractivity contribution < 1.29 is 9.90 Å². The van der Waals surface area contributed by atoms with Gasteiger partial charge in [0.25, 0.3) is 0 Å². The maximum absolute atomic E-state index is 12.0. The van der Waals surface area contributed by atoms with Crippen LogP contribution in [-0.4, -0.2) is 39.8 Å². The molecule has 3 aromatic rings. The predicted molar refractivity (Wildman–Crippen MR) is 139 cm³/mol. The molecule has 2 aliphatic rings. The van der Waals surface area contributed by atoms with Crippen LogP contribution in [0.15, 0.2) is 54.7 Å². The number of rotatable bonds is 7. The van der Waals surface area contributed by atoms with E-state index >= 15 is 0 Å². The number of benzene rings is 1. The number of hydrogen-bond acceptors (Lipinski definition) is 7. The zero-order chi connectivity index (χ0) is 25.1. The highest BCUT2D eigenvalue weighted by Crippen LogP contribution is 2.38. The minimum Gasteiger partial charge on any atom is -0.477 e. The highest BCUT2D eigenvalue weighted by molar-refractivity contribution is 6.10. The zero-order valence-corrected chi connectivity index (χ0v) is 19.9. The Labute approximate surface area is 210 Å². The summed E-state index contributed by atoms with van der Waals surface area (Å²) >= 11 is 0. The van der Waals surface area contributed by atoms with Crippen LogP contribution in [0.1, 0.15) is 48.2 Å². The van der Waals surface area contributed by atoms with Crippen LogP contribution in [0.3, 0.4) is 0 Å². The SMILES string of the molecule is N#CC1CCN(c2ccc(-c3cc(C(=O)O)nc(Nc4ccccc4)c3C(=N)C3CCC3)cn2)CC1. The second-order valence-electron chi connectivity index (χ2n) is 9.41. The predicted octanol–water partition coefficient (Wildman–Crippen LogP) is 5.49. The number of anilines is 3. The largest absolute Gasteiger partial charge is 0.477 e. The molecule has 0 spiro atoms. The number of aromatic carboxylic acids is 1. The summed E-state index contributed by atoms with van der Waals surface area (Å²) in [6.07, 6.45) is 6.37. The minimum absolute atomic E-state index is 0.0868. The molecule has 1 aromatic carbocycles. The van der Waals surface area contributed by atoms with Crippen LogP contribution in [0, 0.1) is 28.6 Å². The van der Waals surface area contributed by atoms with Crippen molar-refractivity contribution in [3.05, 3.63) is 66.0 Å². The van der Waals surface area contributed by atoms with Crippen molar-refractivity contribution in [2.24, 2.45) is 11.8 Å². The maximum Gasteiger partial charge on any atom is 0.354 e. The Hall–Kier alpha value is -4.25. The fourth-order valence-electron chi connectivity index (χ4n) is 4.77. The van der Waals surface area contributed by atoms with Crippen molar-refractivity contribution >= 4 is 29.0 Å². The molecule has 1 saturated carbocycles. The number of carbonyl (C=O) groups is 1. The first-order valence-corrected chi connectivity index (χ1v) is 12.3. The van der Waals surface area contributed by atoms with Gasteiger partial charge >= 0.3 is 5.97 Å². The van der Waals surface area contributed by atoms with Gasteiger partial charge in [-0.1, -0.05) is 24.6 Å². The summed E-state index contributed by atoms with van der Waals surface area (Å²) in [4.78, 5) is 23.3. The summed E-state index contributed by atoms with van der Waals surface area (Å²) in [6.45, 7) is 1.57. The number of pyridine rings is 2. The second kappa shape index (κ2) is 10.2. The average molecular weight is 481 g/mol. The minimum atomic E-state index is -1.13. The van der Waals surface area contributed by atoms with E-state index in [1.165, 1.54) is 0 Å². The second-order valence-corrected chi connectivity index (χ2v) is 9.41. The number of aromatic nitrogens is 2. The number of carboxylic acids is 1. The number of carboxylic acid groups (broad SMARTS) is 1. The Kier molecular flexibility index (Phi) is 6.63. The third-order valence-corrected chi connectivity index (χ3v) is 7.12. The van der Waals surface area contributed by atoms with Crippen LogP contribution in [0.5, 0.6) is 0 Å². The third kappa shape index (κ3) is 4.78. The lowest BCUT2D eigenvalue weighted by atomic mass is 9.78. The van der Waals surface area contributed by atoms with Crippen molar-refractivity contribution in [2.75, 3.05) is 23.3 Å². The molecule has 182 valence electrons. The molecular formula is C28H28N6O2. The molecule has 1 aliphatic heterocycles. The molecule has 3 heterocycles. The van der Waals surface area contributed by atoms with E-state index in [9.17, 15) is 9.90 Å². The number of nitrogens with one attached hydrogen (secondary N) is 2. The summed E-state index contributed by atoms with van der Waals surface area (Å²) in [6, 6.07) is 17.2. The molecule has 0 unspecified atom stereocenters.